The second-order valence-corrected chi connectivity index (χ2v) is 5.35. The molecule has 0 saturated carbocycles. The minimum atomic E-state index is -4.16. The van der Waals surface area contributed by atoms with Gasteiger partial charge in [0.25, 0.3) is 0 Å². The van der Waals surface area contributed by atoms with Crippen LogP contribution in [0.4, 0.5) is 13.2 Å². The Kier molecular flexibility index (Phi) is 4.35. The van der Waals surface area contributed by atoms with Crippen molar-refractivity contribution >= 4 is 5.91 Å². The fourth-order valence-corrected chi connectivity index (χ4v) is 2.81. The lowest BCUT2D eigenvalue weighted by Gasteiger charge is -2.36. The van der Waals surface area contributed by atoms with Crippen LogP contribution in [-0.4, -0.2) is 67.2 Å². The number of carbonyl (C=O) groups excluding carboxylic acids is 1. The summed E-state index contributed by atoms with van der Waals surface area (Å²) in [6.45, 7) is 3.35. The predicted molar refractivity (Wildman–Crippen MR) is 64.6 cm³/mol. The first kappa shape index (κ1) is 14.6. The molecule has 2 unspecified atom stereocenters. The van der Waals surface area contributed by atoms with Crippen LogP contribution in [0.15, 0.2) is 0 Å². The normalized spacial score (nSPS) is 29.8. The predicted octanol–water partition coefficient (Wildman–Crippen LogP) is 0.691. The smallest absolute Gasteiger partial charge is 0.340 e. The van der Waals surface area contributed by atoms with Gasteiger partial charge >= 0.3 is 6.18 Å². The maximum Gasteiger partial charge on any atom is 0.401 e. The Morgan fingerprint density at radius 1 is 1.26 bits per heavy atom. The molecule has 0 aromatic carbocycles. The summed E-state index contributed by atoms with van der Waals surface area (Å²) in [5.41, 5.74) is 0. The number of nitrogens with one attached hydrogen (secondary N) is 1. The van der Waals surface area contributed by atoms with Crippen LogP contribution < -0.4 is 5.32 Å². The van der Waals surface area contributed by atoms with Crippen LogP contribution in [0.3, 0.4) is 0 Å². The number of hydrogen-bond donors (Lipinski definition) is 1. The van der Waals surface area contributed by atoms with Crippen LogP contribution >= 0.6 is 0 Å². The topological polar surface area (TPSA) is 35.6 Å². The van der Waals surface area contributed by atoms with E-state index in [1.54, 1.807) is 4.90 Å². The number of hydrogen-bond acceptors (Lipinski definition) is 3. The van der Waals surface area contributed by atoms with Crippen molar-refractivity contribution in [2.24, 2.45) is 5.92 Å². The molecule has 0 radical (unpaired) electrons. The Bertz CT molecular complexity index is 327. The van der Waals surface area contributed by atoms with Gasteiger partial charge in [-0.2, -0.15) is 13.2 Å². The molecule has 2 heterocycles. The van der Waals surface area contributed by atoms with Crippen LogP contribution in [0.5, 0.6) is 0 Å². The number of carbonyl (C=O) groups is 1. The molecule has 0 spiro atoms. The number of nitrogens with zero attached hydrogens (tertiary/aromatic N) is 2. The van der Waals surface area contributed by atoms with E-state index in [0.717, 1.165) is 13.0 Å². The van der Waals surface area contributed by atoms with Crippen molar-refractivity contribution in [2.75, 3.05) is 39.3 Å². The molecular weight excluding hydrogens is 259 g/mol. The minimum absolute atomic E-state index is 0.0193. The molecule has 2 aliphatic rings. The summed E-state index contributed by atoms with van der Waals surface area (Å²) >= 11 is 0. The van der Waals surface area contributed by atoms with E-state index in [9.17, 15) is 18.0 Å². The van der Waals surface area contributed by atoms with E-state index in [1.807, 2.05) is 6.92 Å². The molecule has 2 saturated heterocycles. The van der Waals surface area contributed by atoms with E-state index in [0.29, 0.717) is 26.2 Å². The lowest BCUT2D eigenvalue weighted by Crippen LogP contribution is -2.53. The van der Waals surface area contributed by atoms with Gasteiger partial charge in [-0.3, -0.25) is 9.69 Å². The molecule has 19 heavy (non-hydrogen) atoms. The number of rotatable bonds is 2. The first-order valence-electron chi connectivity index (χ1n) is 6.68. The maximum absolute atomic E-state index is 12.3. The largest absolute Gasteiger partial charge is 0.401 e. The highest BCUT2D eigenvalue weighted by molar-refractivity contribution is 5.80. The second kappa shape index (κ2) is 5.66. The third-order valence-electron chi connectivity index (χ3n) is 3.93. The van der Waals surface area contributed by atoms with Gasteiger partial charge in [-0.25, -0.2) is 0 Å². The Morgan fingerprint density at radius 2 is 1.89 bits per heavy atom. The minimum Gasteiger partial charge on any atom is -0.340 e. The summed E-state index contributed by atoms with van der Waals surface area (Å²) in [6, 6.07) is 0.167. The summed E-state index contributed by atoms with van der Waals surface area (Å²) in [5, 5.41) is 3.22. The highest BCUT2D eigenvalue weighted by Crippen LogP contribution is 2.21. The molecule has 2 rings (SSSR count). The summed E-state index contributed by atoms with van der Waals surface area (Å²) in [6.07, 6.45) is -3.33. The molecule has 2 fully saturated rings. The summed E-state index contributed by atoms with van der Waals surface area (Å²) in [7, 11) is 0. The van der Waals surface area contributed by atoms with Crippen molar-refractivity contribution in [2.45, 2.75) is 25.6 Å². The van der Waals surface area contributed by atoms with Crippen LogP contribution in [-0.2, 0) is 4.79 Å². The molecule has 0 aromatic rings. The van der Waals surface area contributed by atoms with Crippen molar-refractivity contribution in [1.29, 1.82) is 0 Å². The van der Waals surface area contributed by atoms with Crippen molar-refractivity contribution in [1.82, 2.24) is 15.1 Å². The lowest BCUT2D eigenvalue weighted by atomic mass is 10.00. The van der Waals surface area contributed by atoms with E-state index >= 15 is 0 Å². The molecule has 2 aliphatic heterocycles. The molecule has 2 atom stereocenters. The van der Waals surface area contributed by atoms with Gasteiger partial charge in [0.2, 0.25) is 5.91 Å². The Balaban J connectivity index is 1.81. The molecular formula is C12H20F3N3O. The van der Waals surface area contributed by atoms with Crippen LogP contribution in [0.2, 0.25) is 0 Å². The highest BCUT2D eigenvalue weighted by Gasteiger charge is 2.36. The number of amides is 1. The van der Waals surface area contributed by atoms with Crippen molar-refractivity contribution < 1.29 is 18.0 Å². The first-order chi connectivity index (χ1) is 8.87. The average Bonchev–Trinajstić information content (AvgIpc) is 2.73. The third-order valence-corrected chi connectivity index (χ3v) is 3.93. The Morgan fingerprint density at radius 3 is 2.37 bits per heavy atom. The van der Waals surface area contributed by atoms with Crippen molar-refractivity contribution in [3.8, 4) is 0 Å². The second-order valence-electron chi connectivity index (χ2n) is 5.35. The monoisotopic (exact) mass is 279 g/mol. The fourth-order valence-electron chi connectivity index (χ4n) is 2.81. The van der Waals surface area contributed by atoms with E-state index in [1.165, 1.54) is 4.90 Å². The number of piperazine rings is 1. The van der Waals surface area contributed by atoms with Crippen LogP contribution in [0.1, 0.15) is 13.3 Å². The summed E-state index contributed by atoms with van der Waals surface area (Å²) in [4.78, 5) is 15.3. The molecule has 110 valence electrons. The van der Waals surface area contributed by atoms with Crippen LogP contribution in [0, 0.1) is 5.92 Å². The average molecular weight is 279 g/mol. The lowest BCUT2D eigenvalue weighted by molar-refractivity contribution is -0.152. The van der Waals surface area contributed by atoms with Gasteiger partial charge < -0.3 is 10.2 Å². The number of halogens is 3. The molecule has 1 N–H and O–H groups in total. The fraction of sp³-hybridized carbons (Fsp3) is 0.917. The molecule has 0 aromatic heterocycles. The molecule has 0 bridgehead atoms. The zero-order valence-electron chi connectivity index (χ0n) is 11.0. The van der Waals surface area contributed by atoms with Crippen molar-refractivity contribution in [3.05, 3.63) is 0 Å². The third kappa shape index (κ3) is 3.82. The highest BCUT2D eigenvalue weighted by atomic mass is 19.4. The summed E-state index contributed by atoms with van der Waals surface area (Å²) < 4.78 is 36.8. The van der Waals surface area contributed by atoms with E-state index < -0.39 is 12.7 Å². The number of alkyl halides is 3. The molecule has 1 amide bonds. The van der Waals surface area contributed by atoms with Gasteiger partial charge in [-0.1, -0.05) is 0 Å². The first-order valence-corrected chi connectivity index (χ1v) is 6.68. The Labute approximate surface area is 110 Å². The molecule has 4 nitrogen and oxygen atoms in total. The summed E-state index contributed by atoms with van der Waals surface area (Å²) in [5.74, 6) is 0.0679. The van der Waals surface area contributed by atoms with Crippen molar-refractivity contribution in [3.63, 3.8) is 0 Å². The maximum atomic E-state index is 12.3. The quantitative estimate of drug-likeness (QED) is 0.808. The van der Waals surface area contributed by atoms with Gasteiger partial charge in [0.15, 0.2) is 0 Å². The van der Waals surface area contributed by atoms with Gasteiger partial charge in [0.1, 0.15) is 0 Å². The Hall–Kier alpha value is -0.820. The van der Waals surface area contributed by atoms with Gasteiger partial charge in [0, 0.05) is 32.2 Å². The standard InChI is InChI=1S/C12H20F3N3O/c1-9-10(2-3-16-9)11(19)18-6-4-17(5-7-18)8-12(13,14)15/h9-10,16H,2-8H2,1H3. The SMILES string of the molecule is CC1NCCC1C(=O)N1CCN(CC(F)(F)F)CC1. The van der Waals surface area contributed by atoms with E-state index in [4.69, 9.17) is 0 Å². The van der Waals surface area contributed by atoms with Gasteiger partial charge in [-0.05, 0) is 19.9 Å². The van der Waals surface area contributed by atoms with E-state index in [-0.39, 0.29) is 17.9 Å². The zero-order chi connectivity index (χ0) is 14.0. The van der Waals surface area contributed by atoms with E-state index in [2.05, 4.69) is 5.32 Å². The van der Waals surface area contributed by atoms with Gasteiger partial charge in [0.05, 0.1) is 12.5 Å². The zero-order valence-corrected chi connectivity index (χ0v) is 11.0. The van der Waals surface area contributed by atoms with Crippen LogP contribution in [0.25, 0.3) is 0 Å². The molecule has 7 heteroatoms. The van der Waals surface area contributed by atoms with Gasteiger partial charge in [-0.15, -0.1) is 0 Å². The molecule has 0 aliphatic carbocycles.